The highest BCUT2D eigenvalue weighted by Gasteiger charge is 2.19. The molecule has 0 radical (unpaired) electrons. The van der Waals surface area contributed by atoms with Crippen LogP contribution in [0.4, 0.5) is 0 Å². The number of carbonyl (C=O) groups is 1. The summed E-state index contributed by atoms with van der Waals surface area (Å²) in [5.41, 5.74) is 2.69. The summed E-state index contributed by atoms with van der Waals surface area (Å²) in [6.45, 7) is 3.38. The minimum atomic E-state index is 0.0984. The lowest BCUT2D eigenvalue weighted by Gasteiger charge is -2.27. The maximum absolute atomic E-state index is 12.9. The number of imidazole rings is 1. The van der Waals surface area contributed by atoms with Crippen molar-refractivity contribution in [3.63, 3.8) is 0 Å². The van der Waals surface area contributed by atoms with Crippen LogP contribution in [0, 0.1) is 0 Å². The van der Waals surface area contributed by atoms with Crippen molar-refractivity contribution in [3.8, 4) is 28.4 Å². The van der Waals surface area contributed by atoms with Gasteiger partial charge in [-0.2, -0.15) is 0 Å². The van der Waals surface area contributed by atoms with Gasteiger partial charge in [-0.05, 0) is 36.4 Å². The van der Waals surface area contributed by atoms with Crippen molar-refractivity contribution < 1.29 is 9.53 Å². The molecule has 2 aromatic carbocycles. The average molecular weight is 411 g/mol. The van der Waals surface area contributed by atoms with E-state index in [4.69, 9.17) is 21.3 Å². The number of hydrogen-bond donors (Lipinski definition) is 1. The Bertz CT molecular complexity index is 977. The van der Waals surface area contributed by atoms with Gasteiger partial charge in [0.2, 0.25) is 5.91 Å². The number of hydrogen-bond acceptors (Lipinski definition) is 4. The van der Waals surface area contributed by atoms with E-state index in [0.717, 1.165) is 54.6 Å². The van der Waals surface area contributed by atoms with Gasteiger partial charge in [0.25, 0.3) is 0 Å². The molecular weight excluding hydrogens is 388 g/mol. The van der Waals surface area contributed by atoms with Crippen molar-refractivity contribution in [1.29, 1.82) is 0 Å². The molecule has 1 aliphatic heterocycles. The van der Waals surface area contributed by atoms with Gasteiger partial charge < -0.3 is 19.5 Å². The second-order valence-corrected chi connectivity index (χ2v) is 7.38. The molecule has 0 saturated carbocycles. The first-order chi connectivity index (χ1) is 14.1. The van der Waals surface area contributed by atoms with Crippen LogP contribution in [0.5, 0.6) is 5.75 Å². The summed E-state index contributed by atoms with van der Waals surface area (Å²) in [5, 5.41) is 3.95. The molecule has 3 aromatic rings. The molecule has 0 unspecified atom stereocenters. The van der Waals surface area contributed by atoms with Crippen LogP contribution in [0.3, 0.4) is 0 Å². The molecule has 1 saturated heterocycles. The Morgan fingerprint density at radius 3 is 2.38 bits per heavy atom. The van der Waals surface area contributed by atoms with Crippen molar-refractivity contribution in [3.05, 3.63) is 59.8 Å². The molecule has 1 aliphatic rings. The number of amides is 1. The molecule has 6 nitrogen and oxygen atoms in total. The standard InChI is InChI=1S/C22H23ClN4O2/c1-29-19-8-4-17(5-9-19)22-25-20(16-2-6-18(23)7-3-16)14-27(22)15-21(28)26-12-10-24-11-13-26/h2-9,14,24H,10-13,15H2,1H3. The number of piperazine rings is 1. The molecule has 2 heterocycles. The van der Waals surface area contributed by atoms with E-state index in [2.05, 4.69) is 5.32 Å². The third kappa shape index (κ3) is 4.44. The zero-order valence-corrected chi connectivity index (χ0v) is 17.0. The van der Waals surface area contributed by atoms with Crippen molar-refractivity contribution in [2.45, 2.75) is 6.54 Å². The van der Waals surface area contributed by atoms with Crippen molar-refractivity contribution in [2.75, 3.05) is 33.3 Å². The lowest BCUT2D eigenvalue weighted by atomic mass is 10.2. The summed E-state index contributed by atoms with van der Waals surface area (Å²) >= 11 is 6.02. The van der Waals surface area contributed by atoms with Gasteiger partial charge in [0, 0.05) is 48.5 Å². The lowest BCUT2D eigenvalue weighted by Crippen LogP contribution is -2.47. The number of methoxy groups -OCH3 is 1. The first-order valence-electron chi connectivity index (χ1n) is 9.60. The van der Waals surface area contributed by atoms with Crippen molar-refractivity contribution in [2.24, 2.45) is 0 Å². The molecule has 4 rings (SSSR count). The maximum Gasteiger partial charge on any atom is 0.242 e. The van der Waals surface area contributed by atoms with E-state index in [-0.39, 0.29) is 12.5 Å². The van der Waals surface area contributed by atoms with Crippen molar-refractivity contribution >= 4 is 17.5 Å². The summed E-state index contributed by atoms with van der Waals surface area (Å²) < 4.78 is 7.19. The lowest BCUT2D eigenvalue weighted by molar-refractivity contribution is -0.132. The largest absolute Gasteiger partial charge is 0.497 e. The Labute approximate surface area is 175 Å². The van der Waals surface area contributed by atoms with Gasteiger partial charge in [-0.1, -0.05) is 23.7 Å². The molecule has 0 spiro atoms. The Morgan fingerprint density at radius 1 is 1.07 bits per heavy atom. The molecule has 0 atom stereocenters. The van der Waals surface area contributed by atoms with E-state index in [1.54, 1.807) is 7.11 Å². The van der Waals surface area contributed by atoms with Crippen molar-refractivity contribution in [1.82, 2.24) is 19.8 Å². The number of carbonyl (C=O) groups excluding carboxylic acids is 1. The van der Waals surface area contributed by atoms with Gasteiger partial charge in [-0.15, -0.1) is 0 Å². The number of benzene rings is 2. The zero-order chi connectivity index (χ0) is 20.2. The molecule has 1 amide bonds. The van der Waals surface area contributed by atoms with Crippen LogP contribution >= 0.6 is 11.6 Å². The van der Waals surface area contributed by atoms with Crippen LogP contribution in [-0.4, -0.2) is 53.6 Å². The number of ether oxygens (including phenoxy) is 1. The van der Waals surface area contributed by atoms with Gasteiger partial charge in [0.1, 0.15) is 18.1 Å². The molecule has 1 aromatic heterocycles. The predicted molar refractivity (Wildman–Crippen MR) is 114 cm³/mol. The van der Waals surface area contributed by atoms with Crippen LogP contribution in [0.25, 0.3) is 22.6 Å². The summed E-state index contributed by atoms with van der Waals surface area (Å²) in [6.07, 6.45) is 1.93. The van der Waals surface area contributed by atoms with Gasteiger partial charge in [0.15, 0.2) is 0 Å². The average Bonchev–Trinajstić information content (AvgIpc) is 3.18. The molecule has 1 N–H and O–H groups in total. The third-order valence-electron chi connectivity index (χ3n) is 5.04. The van der Waals surface area contributed by atoms with E-state index in [9.17, 15) is 4.79 Å². The van der Waals surface area contributed by atoms with E-state index >= 15 is 0 Å². The number of aromatic nitrogens is 2. The molecule has 0 aliphatic carbocycles. The Hall–Kier alpha value is -2.83. The molecule has 0 bridgehead atoms. The van der Waals surface area contributed by atoms with E-state index in [1.165, 1.54) is 0 Å². The molecule has 150 valence electrons. The second-order valence-electron chi connectivity index (χ2n) is 6.94. The zero-order valence-electron chi connectivity index (χ0n) is 16.3. The van der Waals surface area contributed by atoms with Crippen LogP contribution < -0.4 is 10.1 Å². The van der Waals surface area contributed by atoms with E-state index in [1.807, 2.05) is 64.2 Å². The van der Waals surface area contributed by atoms with Crippen LogP contribution in [0.1, 0.15) is 0 Å². The smallest absolute Gasteiger partial charge is 0.242 e. The van der Waals surface area contributed by atoms with E-state index < -0.39 is 0 Å². The highest BCUT2D eigenvalue weighted by molar-refractivity contribution is 6.30. The summed E-state index contributed by atoms with van der Waals surface area (Å²) in [4.78, 5) is 19.6. The fourth-order valence-electron chi connectivity index (χ4n) is 3.43. The Balaban J connectivity index is 1.68. The molecule has 7 heteroatoms. The number of rotatable bonds is 5. The van der Waals surface area contributed by atoms with Crippen LogP contribution in [0.15, 0.2) is 54.7 Å². The highest BCUT2D eigenvalue weighted by atomic mass is 35.5. The first-order valence-corrected chi connectivity index (χ1v) is 9.98. The Morgan fingerprint density at radius 2 is 1.72 bits per heavy atom. The number of nitrogens with one attached hydrogen (secondary N) is 1. The highest BCUT2D eigenvalue weighted by Crippen LogP contribution is 2.27. The predicted octanol–water partition coefficient (Wildman–Crippen LogP) is 3.31. The van der Waals surface area contributed by atoms with Gasteiger partial charge >= 0.3 is 0 Å². The van der Waals surface area contributed by atoms with Gasteiger partial charge in [-0.25, -0.2) is 4.98 Å². The minimum Gasteiger partial charge on any atom is -0.497 e. The summed E-state index contributed by atoms with van der Waals surface area (Å²) in [7, 11) is 1.64. The first kappa shape index (κ1) is 19.5. The van der Waals surface area contributed by atoms with Gasteiger partial charge in [0.05, 0.1) is 12.8 Å². The van der Waals surface area contributed by atoms with E-state index in [0.29, 0.717) is 5.02 Å². The SMILES string of the molecule is COc1ccc(-c2nc(-c3ccc(Cl)cc3)cn2CC(=O)N2CCNCC2)cc1. The van der Waals surface area contributed by atoms with Crippen LogP contribution in [0.2, 0.25) is 5.02 Å². The fraction of sp³-hybridized carbons (Fsp3) is 0.273. The maximum atomic E-state index is 12.9. The normalized spacial score (nSPS) is 14.1. The van der Waals surface area contributed by atoms with Crippen LogP contribution in [-0.2, 0) is 11.3 Å². The topological polar surface area (TPSA) is 59.4 Å². The summed E-state index contributed by atoms with van der Waals surface area (Å²) in [5.74, 6) is 1.63. The fourth-order valence-corrected chi connectivity index (χ4v) is 3.55. The molecular formula is C22H23ClN4O2. The minimum absolute atomic E-state index is 0.0984. The number of nitrogens with zero attached hydrogens (tertiary/aromatic N) is 3. The third-order valence-corrected chi connectivity index (χ3v) is 5.29. The molecule has 29 heavy (non-hydrogen) atoms. The quantitative estimate of drug-likeness (QED) is 0.701. The molecule has 1 fully saturated rings. The Kier molecular flexibility index (Phi) is 5.83. The second kappa shape index (κ2) is 8.68. The number of halogens is 1. The van der Waals surface area contributed by atoms with Gasteiger partial charge in [-0.3, -0.25) is 4.79 Å². The summed E-state index contributed by atoms with van der Waals surface area (Å²) in [6, 6.07) is 15.3. The monoisotopic (exact) mass is 410 g/mol.